The quantitative estimate of drug-likeness (QED) is 0.474. The molecule has 1 fully saturated rings. The molecular weight excluding hydrogens is 424 g/mol. The fourth-order valence-electron chi connectivity index (χ4n) is 3.86. The zero-order chi connectivity index (χ0) is 22.1. The number of anilines is 2. The number of H-pyrrole nitrogens is 1. The molecule has 0 aliphatic carbocycles. The van der Waals surface area contributed by atoms with E-state index in [1.807, 2.05) is 61.2 Å². The number of hydrogen-bond donors (Lipinski definition) is 2. The molecule has 164 valence electrons. The van der Waals surface area contributed by atoms with E-state index in [2.05, 4.69) is 20.5 Å². The highest BCUT2D eigenvalue weighted by molar-refractivity contribution is 7.15. The van der Waals surface area contributed by atoms with Crippen LogP contribution in [-0.2, 0) is 11.2 Å². The number of amides is 1. The van der Waals surface area contributed by atoms with Crippen molar-refractivity contribution in [2.24, 2.45) is 0 Å². The molecule has 2 N–H and O–H groups in total. The number of aryl methyl sites for hydroxylation is 2. The molecule has 8 nitrogen and oxygen atoms in total. The third kappa shape index (κ3) is 4.09. The van der Waals surface area contributed by atoms with Gasteiger partial charge in [-0.25, -0.2) is 4.98 Å². The predicted molar refractivity (Wildman–Crippen MR) is 124 cm³/mol. The van der Waals surface area contributed by atoms with Gasteiger partial charge in [0.15, 0.2) is 0 Å². The number of aromatic amines is 1. The number of pyridine rings is 1. The van der Waals surface area contributed by atoms with Crippen molar-refractivity contribution in [2.75, 3.05) is 25.0 Å². The van der Waals surface area contributed by atoms with Gasteiger partial charge in [0, 0.05) is 17.4 Å². The van der Waals surface area contributed by atoms with Crippen LogP contribution in [0.3, 0.4) is 0 Å². The van der Waals surface area contributed by atoms with E-state index < -0.39 is 0 Å². The Kier molecular flexibility index (Phi) is 5.59. The highest BCUT2D eigenvalue weighted by Crippen LogP contribution is 2.26. The van der Waals surface area contributed by atoms with Gasteiger partial charge in [-0.2, -0.15) is 0 Å². The van der Waals surface area contributed by atoms with Gasteiger partial charge in [-0.15, -0.1) is 10.2 Å². The predicted octanol–water partition coefficient (Wildman–Crippen LogP) is 4.24. The molecule has 5 rings (SSSR count). The number of carbonyl (C=O) groups excluding carboxylic acids is 1. The van der Waals surface area contributed by atoms with Crippen LogP contribution in [0.25, 0.3) is 10.9 Å². The van der Waals surface area contributed by atoms with E-state index in [0.717, 1.165) is 33.6 Å². The molecule has 0 spiro atoms. The van der Waals surface area contributed by atoms with Gasteiger partial charge in [0.25, 0.3) is 5.91 Å². The maximum Gasteiger partial charge on any atom is 0.270 e. The Morgan fingerprint density at radius 3 is 2.97 bits per heavy atom. The lowest BCUT2D eigenvalue weighted by Gasteiger charge is -2.32. The monoisotopic (exact) mass is 448 g/mol. The van der Waals surface area contributed by atoms with E-state index >= 15 is 0 Å². The van der Waals surface area contributed by atoms with E-state index in [-0.39, 0.29) is 12.0 Å². The Balaban J connectivity index is 1.32. The highest BCUT2D eigenvalue weighted by Gasteiger charge is 2.28. The molecule has 4 heterocycles. The van der Waals surface area contributed by atoms with Crippen LogP contribution in [-0.4, -0.2) is 50.7 Å². The molecule has 1 atom stereocenters. The van der Waals surface area contributed by atoms with E-state index in [1.54, 1.807) is 0 Å². The maximum atomic E-state index is 13.2. The molecular formula is C23H24N6O2S. The van der Waals surface area contributed by atoms with Crippen molar-refractivity contribution in [3.8, 4) is 0 Å². The summed E-state index contributed by atoms with van der Waals surface area (Å²) in [4.78, 5) is 23.0. The highest BCUT2D eigenvalue weighted by atomic mass is 32.1. The standard InChI is InChI=1S/C23H24N6O2S/c1-3-21-27-28-23(32-21)26-20-9-5-8-17(25-20)19-13-29(10-11-31-19)22(30)18-12-15-14(2)6-4-7-16(15)24-18/h4-9,12,19,24H,3,10-11,13H2,1-2H3,(H,25,26,28)/t19-/m0/s1. The second-order valence-electron chi connectivity index (χ2n) is 7.76. The molecule has 1 amide bonds. The normalized spacial score (nSPS) is 16.4. The van der Waals surface area contributed by atoms with E-state index in [9.17, 15) is 4.79 Å². The number of fused-ring (bicyclic) bond motifs is 1. The number of ether oxygens (including phenoxy) is 1. The number of aromatic nitrogens is 4. The van der Waals surface area contributed by atoms with Gasteiger partial charge >= 0.3 is 0 Å². The summed E-state index contributed by atoms with van der Waals surface area (Å²) in [7, 11) is 0. The summed E-state index contributed by atoms with van der Waals surface area (Å²) in [5.74, 6) is 0.656. The largest absolute Gasteiger partial charge is 0.368 e. The van der Waals surface area contributed by atoms with Gasteiger partial charge in [0.2, 0.25) is 5.13 Å². The van der Waals surface area contributed by atoms with Crippen LogP contribution < -0.4 is 5.32 Å². The smallest absolute Gasteiger partial charge is 0.270 e. The molecule has 1 aliphatic heterocycles. The summed E-state index contributed by atoms with van der Waals surface area (Å²) in [5, 5.41) is 14.2. The molecule has 3 aromatic heterocycles. The summed E-state index contributed by atoms with van der Waals surface area (Å²) in [6.45, 7) is 5.56. The maximum absolute atomic E-state index is 13.2. The molecule has 32 heavy (non-hydrogen) atoms. The van der Waals surface area contributed by atoms with Crippen LogP contribution in [0.2, 0.25) is 0 Å². The van der Waals surface area contributed by atoms with Crippen molar-refractivity contribution < 1.29 is 9.53 Å². The van der Waals surface area contributed by atoms with Crippen molar-refractivity contribution in [3.63, 3.8) is 0 Å². The molecule has 1 aromatic carbocycles. The van der Waals surface area contributed by atoms with Gasteiger partial charge in [0.05, 0.1) is 18.8 Å². The van der Waals surface area contributed by atoms with Gasteiger partial charge in [-0.05, 0) is 43.2 Å². The van der Waals surface area contributed by atoms with E-state index in [0.29, 0.717) is 36.3 Å². The van der Waals surface area contributed by atoms with Crippen LogP contribution in [0, 0.1) is 6.92 Å². The molecule has 1 aliphatic rings. The average molecular weight is 449 g/mol. The van der Waals surface area contributed by atoms with Gasteiger partial charge in [-0.1, -0.05) is 36.5 Å². The Morgan fingerprint density at radius 2 is 2.16 bits per heavy atom. The van der Waals surface area contributed by atoms with Crippen LogP contribution in [0.1, 0.15) is 39.8 Å². The average Bonchev–Trinajstić information content (AvgIpc) is 3.46. The Hall–Kier alpha value is -3.30. The summed E-state index contributed by atoms with van der Waals surface area (Å²) >= 11 is 1.51. The minimum Gasteiger partial charge on any atom is -0.368 e. The summed E-state index contributed by atoms with van der Waals surface area (Å²) < 4.78 is 5.97. The van der Waals surface area contributed by atoms with Crippen LogP contribution in [0.15, 0.2) is 42.5 Å². The third-order valence-electron chi connectivity index (χ3n) is 5.57. The number of nitrogens with zero attached hydrogens (tertiary/aromatic N) is 4. The zero-order valence-corrected chi connectivity index (χ0v) is 18.8. The number of carbonyl (C=O) groups is 1. The molecule has 1 saturated heterocycles. The van der Waals surface area contributed by atoms with Gasteiger partial charge < -0.3 is 19.9 Å². The SMILES string of the molecule is CCc1nnc(Nc2cccc([C@@H]3CN(C(=O)c4cc5c(C)cccc5[nH]4)CCO3)n2)s1. The minimum atomic E-state index is -0.291. The molecule has 0 bridgehead atoms. The van der Waals surface area contributed by atoms with Crippen LogP contribution in [0.5, 0.6) is 0 Å². The molecule has 9 heteroatoms. The Labute approximate surface area is 189 Å². The number of nitrogens with one attached hydrogen (secondary N) is 2. The second kappa shape index (κ2) is 8.68. The number of hydrogen-bond acceptors (Lipinski definition) is 7. The van der Waals surface area contributed by atoms with Crippen molar-refractivity contribution in [3.05, 3.63) is 64.4 Å². The first-order valence-corrected chi connectivity index (χ1v) is 11.5. The first kappa shape index (κ1) is 20.6. The number of morpholine rings is 1. The fourth-order valence-corrected chi connectivity index (χ4v) is 4.55. The summed E-state index contributed by atoms with van der Waals surface area (Å²) in [5.41, 5.74) is 3.50. The Morgan fingerprint density at radius 1 is 1.28 bits per heavy atom. The van der Waals surface area contributed by atoms with Gasteiger partial charge in [0.1, 0.15) is 22.6 Å². The van der Waals surface area contributed by atoms with Crippen LogP contribution in [0.4, 0.5) is 10.9 Å². The van der Waals surface area contributed by atoms with Crippen molar-refractivity contribution in [1.29, 1.82) is 0 Å². The lowest BCUT2D eigenvalue weighted by Crippen LogP contribution is -2.42. The third-order valence-corrected chi connectivity index (χ3v) is 6.55. The zero-order valence-electron chi connectivity index (χ0n) is 18.0. The molecule has 0 unspecified atom stereocenters. The summed E-state index contributed by atoms with van der Waals surface area (Å²) in [6.07, 6.45) is 0.559. The van der Waals surface area contributed by atoms with Crippen molar-refractivity contribution >= 4 is 39.1 Å². The lowest BCUT2D eigenvalue weighted by atomic mass is 10.1. The molecule has 4 aromatic rings. The first-order valence-electron chi connectivity index (χ1n) is 10.7. The van der Waals surface area contributed by atoms with E-state index in [1.165, 1.54) is 11.3 Å². The van der Waals surface area contributed by atoms with Gasteiger partial charge in [-0.3, -0.25) is 4.79 Å². The lowest BCUT2D eigenvalue weighted by molar-refractivity contribution is -0.0248. The van der Waals surface area contributed by atoms with Crippen LogP contribution >= 0.6 is 11.3 Å². The first-order chi connectivity index (χ1) is 15.6. The fraction of sp³-hybridized carbons (Fsp3) is 0.304. The summed E-state index contributed by atoms with van der Waals surface area (Å²) in [6, 6.07) is 13.7. The van der Waals surface area contributed by atoms with Crippen molar-refractivity contribution in [1.82, 2.24) is 25.1 Å². The minimum absolute atomic E-state index is 0.0239. The van der Waals surface area contributed by atoms with Crippen molar-refractivity contribution in [2.45, 2.75) is 26.4 Å². The number of rotatable bonds is 5. The topological polar surface area (TPSA) is 96.0 Å². The molecule has 0 saturated carbocycles. The second-order valence-corrected chi connectivity index (χ2v) is 8.82. The van der Waals surface area contributed by atoms with E-state index in [4.69, 9.17) is 9.72 Å². The number of benzene rings is 1. The molecule has 0 radical (unpaired) electrons. The Bertz CT molecular complexity index is 1270.